The Morgan fingerprint density at radius 2 is 1.60 bits per heavy atom. The van der Waals surface area contributed by atoms with Crippen molar-refractivity contribution < 1.29 is 13.2 Å². The van der Waals surface area contributed by atoms with Crippen LogP contribution in [0.15, 0.2) is 43.0 Å². The van der Waals surface area contributed by atoms with Gasteiger partial charge >= 0.3 is 0 Å². The lowest BCUT2D eigenvalue weighted by Crippen LogP contribution is -2.48. The summed E-state index contributed by atoms with van der Waals surface area (Å²) < 4.78 is 30.6. The minimum Gasteiger partial charge on any atom is -0.378 e. The number of rotatable bonds is 7. The van der Waals surface area contributed by atoms with Crippen molar-refractivity contribution in [1.82, 2.24) is 35.3 Å². The van der Waals surface area contributed by atoms with Gasteiger partial charge in [0.2, 0.25) is 16.0 Å². The summed E-state index contributed by atoms with van der Waals surface area (Å²) in [4.78, 5) is 25.3. The normalized spacial score (nSPS) is 18.4. The van der Waals surface area contributed by atoms with Gasteiger partial charge in [-0.2, -0.15) is 9.29 Å². The van der Waals surface area contributed by atoms with Gasteiger partial charge in [0.05, 0.1) is 25.2 Å². The molecule has 0 unspecified atom stereocenters. The van der Waals surface area contributed by atoms with Crippen LogP contribution in [-0.4, -0.2) is 109 Å². The predicted octanol–water partition coefficient (Wildman–Crippen LogP) is 1.75. The average molecular weight is 568 g/mol. The van der Waals surface area contributed by atoms with Crippen LogP contribution in [0.2, 0.25) is 0 Å². The number of morpholine rings is 1. The van der Waals surface area contributed by atoms with Gasteiger partial charge in [-0.25, -0.2) is 23.4 Å². The van der Waals surface area contributed by atoms with Crippen molar-refractivity contribution in [2.75, 3.05) is 81.6 Å². The van der Waals surface area contributed by atoms with Gasteiger partial charge in [0, 0.05) is 81.6 Å². The average Bonchev–Trinajstić information content (AvgIpc) is 3.41. The molecular formula is C27H37N9O3S. The van der Waals surface area contributed by atoms with E-state index in [-0.39, 0.29) is 6.15 Å². The third kappa shape index (κ3) is 6.08. The Morgan fingerprint density at radius 3 is 2.27 bits per heavy atom. The number of hydrogen-bond donors (Lipinski definition) is 1. The Balaban J connectivity index is 0.00000323. The molecule has 1 aromatic carbocycles. The van der Waals surface area contributed by atoms with Gasteiger partial charge < -0.3 is 25.6 Å². The minimum atomic E-state index is -3.10. The molecule has 13 heteroatoms. The maximum absolute atomic E-state index is 11.8. The van der Waals surface area contributed by atoms with Crippen LogP contribution in [0.5, 0.6) is 0 Å². The zero-order valence-electron chi connectivity index (χ0n) is 22.9. The topological polar surface area (TPSA) is 143 Å². The minimum absolute atomic E-state index is 0. The van der Waals surface area contributed by atoms with E-state index in [1.54, 1.807) is 4.31 Å². The SMILES string of the molecule is CS(=O)(=O)N1CCN(CCc2ccc(N3CCc4c(-c5cncnc5)nc(N5CCOCC5)nc43)cc2)CC1.N. The summed E-state index contributed by atoms with van der Waals surface area (Å²) in [6.45, 7) is 7.30. The molecule has 0 bridgehead atoms. The van der Waals surface area contributed by atoms with E-state index in [1.165, 1.54) is 18.1 Å². The second kappa shape index (κ2) is 12.1. The molecule has 0 atom stereocenters. The molecule has 0 aliphatic carbocycles. The summed E-state index contributed by atoms with van der Waals surface area (Å²) in [6.07, 6.45) is 8.24. The van der Waals surface area contributed by atoms with Crippen molar-refractivity contribution in [2.24, 2.45) is 0 Å². The Hall–Kier alpha value is -3.23. The Morgan fingerprint density at radius 1 is 0.900 bits per heavy atom. The molecule has 3 aromatic rings. The second-order valence-corrected chi connectivity index (χ2v) is 12.2. The van der Waals surface area contributed by atoms with Crippen LogP contribution in [0.25, 0.3) is 11.3 Å². The number of anilines is 3. The number of sulfonamides is 1. The van der Waals surface area contributed by atoms with Crippen LogP contribution < -0.4 is 16.0 Å². The molecule has 0 radical (unpaired) electrons. The summed E-state index contributed by atoms with van der Waals surface area (Å²) in [5.74, 6) is 1.66. The van der Waals surface area contributed by atoms with Crippen LogP contribution >= 0.6 is 0 Å². The molecule has 40 heavy (non-hydrogen) atoms. The van der Waals surface area contributed by atoms with Gasteiger partial charge in [-0.15, -0.1) is 0 Å². The van der Waals surface area contributed by atoms with E-state index in [0.29, 0.717) is 26.3 Å². The van der Waals surface area contributed by atoms with E-state index in [1.807, 2.05) is 12.4 Å². The van der Waals surface area contributed by atoms with Gasteiger partial charge in [-0.05, 0) is 30.5 Å². The fraction of sp³-hybridized carbons (Fsp3) is 0.481. The fourth-order valence-corrected chi connectivity index (χ4v) is 6.30. The summed E-state index contributed by atoms with van der Waals surface area (Å²) in [7, 11) is -3.10. The van der Waals surface area contributed by atoms with Crippen molar-refractivity contribution in [1.29, 1.82) is 0 Å². The molecule has 0 spiro atoms. The van der Waals surface area contributed by atoms with Crippen LogP contribution in [0.3, 0.4) is 0 Å². The lowest BCUT2D eigenvalue weighted by Gasteiger charge is -2.33. The smallest absolute Gasteiger partial charge is 0.228 e. The molecule has 2 fully saturated rings. The maximum atomic E-state index is 11.8. The monoisotopic (exact) mass is 567 g/mol. The summed E-state index contributed by atoms with van der Waals surface area (Å²) in [5.41, 5.74) is 5.31. The number of nitrogens with zero attached hydrogens (tertiary/aromatic N) is 8. The van der Waals surface area contributed by atoms with E-state index >= 15 is 0 Å². The zero-order chi connectivity index (χ0) is 26.8. The quantitative estimate of drug-likeness (QED) is 0.446. The summed E-state index contributed by atoms with van der Waals surface area (Å²) >= 11 is 0. The van der Waals surface area contributed by atoms with Crippen LogP contribution in [0, 0.1) is 0 Å². The van der Waals surface area contributed by atoms with Crippen LogP contribution in [0.1, 0.15) is 11.1 Å². The third-order valence-electron chi connectivity index (χ3n) is 7.71. The molecule has 5 heterocycles. The number of aromatic nitrogens is 4. The van der Waals surface area contributed by atoms with Crippen LogP contribution in [0.4, 0.5) is 17.5 Å². The molecule has 2 aromatic heterocycles. The van der Waals surface area contributed by atoms with Crippen molar-refractivity contribution in [2.45, 2.75) is 12.8 Å². The van der Waals surface area contributed by atoms with Crippen molar-refractivity contribution >= 4 is 27.5 Å². The number of hydrogen-bond acceptors (Lipinski definition) is 11. The molecule has 3 N–H and O–H groups in total. The molecule has 0 amide bonds. The largest absolute Gasteiger partial charge is 0.378 e. The Bertz CT molecular complexity index is 1390. The third-order valence-corrected chi connectivity index (χ3v) is 9.01. The Kier molecular flexibility index (Phi) is 8.57. The van der Waals surface area contributed by atoms with Crippen LogP contribution in [-0.2, 0) is 27.6 Å². The van der Waals surface area contributed by atoms with E-state index in [9.17, 15) is 8.42 Å². The van der Waals surface area contributed by atoms with Gasteiger partial charge in [-0.3, -0.25) is 0 Å². The lowest BCUT2D eigenvalue weighted by atomic mass is 10.1. The van der Waals surface area contributed by atoms with E-state index < -0.39 is 10.0 Å². The maximum Gasteiger partial charge on any atom is 0.228 e. The van der Waals surface area contributed by atoms with Crippen molar-refractivity contribution in [3.8, 4) is 11.3 Å². The van der Waals surface area contributed by atoms with Gasteiger partial charge in [-0.1, -0.05) is 12.1 Å². The first kappa shape index (κ1) is 28.3. The molecule has 3 aliphatic heterocycles. The molecule has 3 aliphatic rings. The number of benzene rings is 1. The standard InChI is InChI=1S/C27H34N8O3S.H3N/c1-39(36,37)34-12-10-32(11-13-34)8-6-21-2-4-23(5-3-21)35-9-7-24-25(22-18-28-20-29-19-22)30-27(31-26(24)35)33-14-16-38-17-15-33;/h2-5,18-20H,6-17H2,1H3;1H3. The predicted molar refractivity (Wildman–Crippen MR) is 155 cm³/mol. The fourth-order valence-electron chi connectivity index (χ4n) is 5.47. The Labute approximate surface area is 235 Å². The van der Waals surface area contributed by atoms with E-state index in [0.717, 1.165) is 86.4 Å². The first-order chi connectivity index (χ1) is 19.0. The highest BCUT2D eigenvalue weighted by atomic mass is 32.2. The number of fused-ring (bicyclic) bond motifs is 1. The van der Waals surface area contributed by atoms with Crippen molar-refractivity contribution in [3.05, 3.63) is 54.1 Å². The zero-order valence-corrected chi connectivity index (χ0v) is 23.8. The highest BCUT2D eigenvalue weighted by Gasteiger charge is 2.29. The van der Waals surface area contributed by atoms with Gasteiger partial charge in [0.1, 0.15) is 12.1 Å². The van der Waals surface area contributed by atoms with Gasteiger partial charge in [0.15, 0.2) is 0 Å². The first-order valence-corrected chi connectivity index (χ1v) is 15.3. The molecule has 6 rings (SSSR count). The molecule has 12 nitrogen and oxygen atoms in total. The molecule has 2 saturated heterocycles. The molecule has 214 valence electrons. The van der Waals surface area contributed by atoms with E-state index in [4.69, 9.17) is 14.7 Å². The molecule has 0 saturated carbocycles. The number of piperazine rings is 1. The summed E-state index contributed by atoms with van der Waals surface area (Å²) in [6, 6.07) is 8.73. The number of ether oxygens (including phenoxy) is 1. The van der Waals surface area contributed by atoms with E-state index in [2.05, 4.69) is 48.9 Å². The first-order valence-electron chi connectivity index (χ1n) is 13.5. The highest BCUT2D eigenvalue weighted by molar-refractivity contribution is 7.88. The van der Waals surface area contributed by atoms with Crippen molar-refractivity contribution in [3.63, 3.8) is 0 Å². The second-order valence-electron chi connectivity index (χ2n) is 10.2. The highest BCUT2D eigenvalue weighted by Crippen LogP contribution is 2.39. The lowest BCUT2D eigenvalue weighted by molar-refractivity contribution is 0.122. The summed E-state index contributed by atoms with van der Waals surface area (Å²) in [5, 5.41) is 0. The van der Waals surface area contributed by atoms with Gasteiger partial charge in [0.25, 0.3) is 0 Å². The molecular weight excluding hydrogens is 530 g/mol.